The Morgan fingerprint density at radius 3 is 2.75 bits per heavy atom. The SMILES string of the molecule is O=C(O)c1cn2cnc(CCc3ccccc3)cc2n1. The van der Waals surface area contributed by atoms with Crippen LogP contribution in [0.2, 0.25) is 0 Å². The van der Waals surface area contributed by atoms with Gasteiger partial charge < -0.3 is 5.11 Å². The number of aryl methyl sites for hydroxylation is 2. The van der Waals surface area contributed by atoms with E-state index >= 15 is 0 Å². The van der Waals surface area contributed by atoms with Crippen molar-refractivity contribution in [2.75, 3.05) is 0 Å². The van der Waals surface area contributed by atoms with Crippen LogP contribution >= 0.6 is 0 Å². The highest BCUT2D eigenvalue weighted by molar-refractivity contribution is 5.86. The zero-order valence-corrected chi connectivity index (χ0v) is 10.7. The van der Waals surface area contributed by atoms with Crippen molar-refractivity contribution in [2.45, 2.75) is 12.8 Å². The molecule has 1 N–H and O–H groups in total. The van der Waals surface area contributed by atoms with Gasteiger partial charge in [-0.05, 0) is 18.4 Å². The van der Waals surface area contributed by atoms with E-state index in [1.807, 2.05) is 24.3 Å². The summed E-state index contributed by atoms with van der Waals surface area (Å²) in [6.45, 7) is 0. The molecule has 5 nitrogen and oxygen atoms in total. The van der Waals surface area contributed by atoms with Gasteiger partial charge in [0.1, 0.15) is 12.0 Å². The number of imidazole rings is 1. The first-order chi connectivity index (χ1) is 9.72. The van der Waals surface area contributed by atoms with Crippen molar-refractivity contribution in [3.8, 4) is 0 Å². The zero-order valence-electron chi connectivity index (χ0n) is 10.7. The highest BCUT2D eigenvalue weighted by Crippen LogP contribution is 2.09. The van der Waals surface area contributed by atoms with Crippen LogP contribution in [0, 0.1) is 0 Å². The summed E-state index contributed by atoms with van der Waals surface area (Å²) in [7, 11) is 0. The molecule has 5 heteroatoms. The van der Waals surface area contributed by atoms with Crippen molar-refractivity contribution in [3.63, 3.8) is 0 Å². The molecule has 2 heterocycles. The summed E-state index contributed by atoms with van der Waals surface area (Å²) in [6.07, 6.45) is 4.77. The second-order valence-electron chi connectivity index (χ2n) is 4.56. The van der Waals surface area contributed by atoms with Gasteiger partial charge in [0.25, 0.3) is 0 Å². The predicted molar refractivity (Wildman–Crippen MR) is 73.8 cm³/mol. The van der Waals surface area contributed by atoms with Crippen LogP contribution in [0.3, 0.4) is 0 Å². The van der Waals surface area contributed by atoms with E-state index in [0.29, 0.717) is 5.65 Å². The molecule has 0 aliphatic carbocycles. The second kappa shape index (κ2) is 5.13. The van der Waals surface area contributed by atoms with E-state index in [4.69, 9.17) is 5.11 Å². The molecule has 1 aromatic carbocycles. The molecule has 0 bridgehead atoms. The van der Waals surface area contributed by atoms with Gasteiger partial charge in [-0.1, -0.05) is 30.3 Å². The minimum atomic E-state index is -1.03. The van der Waals surface area contributed by atoms with Crippen molar-refractivity contribution in [1.29, 1.82) is 0 Å². The van der Waals surface area contributed by atoms with Crippen molar-refractivity contribution in [3.05, 3.63) is 65.9 Å². The van der Waals surface area contributed by atoms with Gasteiger partial charge in [0, 0.05) is 18.0 Å². The zero-order chi connectivity index (χ0) is 13.9. The topological polar surface area (TPSA) is 67.5 Å². The first kappa shape index (κ1) is 12.3. The summed E-state index contributed by atoms with van der Waals surface area (Å²) in [5, 5.41) is 8.91. The lowest BCUT2D eigenvalue weighted by atomic mass is 10.1. The predicted octanol–water partition coefficient (Wildman–Crippen LogP) is 2.21. The van der Waals surface area contributed by atoms with Crippen molar-refractivity contribution in [1.82, 2.24) is 14.4 Å². The van der Waals surface area contributed by atoms with E-state index in [1.165, 1.54) is 11.8 Å². The number of benzene rings is 1. The molecular formula is C15H13N3O2. The monoisotopic (exact) mass is 267 g/mol. The standard InChI is InChI=1S/C15H13N3O2/c19-15(20)13-9-18-10-16-12(8-14(18)17-13)7-6-11-4-2-1-3-5-11/h1-5,8-10H,6-7H2,(H,19,20). The van der Waals surface area contributed by atoms with Crippen molar-refractivity contribution < 1.29 is 9.90 Å². The molecule has 0 saturated heterocycles. The number of fused-ring (bicyclic) bond motifs is 1. The molecule has 0 aliphatic rings. The third-order valence-corrected chi connectivity index (χ3v) is 3.14. The largest absolute Gasteiger partial charge is 0.476 e. The molecular weight excluding hydrogens is 254 g/mol. The summed E-state index contributed by atoms with van der Waals surface area (Å²) < 4.78 is 1.62. The normalized spacial score (nSPS) is 10.8. The molecule has 3 rings (SSSR count). The molecule has 2 aromatic heterocycles. The van der Waals surface area contributed by atoms with Crippen LogP contribution in [0.1, 0.15) is 21.7 Å². The lowest BCUT2D eigenvalue weighted by Gasteiger charge is -2.01. The lowest BCUT2D eigenvalue weighted by molar-refractivity contribution is 0.0691. The number of nitrogens with zero attached hydrogens (tertiary/aromatic N) is 3. The molecule has 0 saturated carbocycles. The minimum Gasteiger partial charge on any atom is -0.476 e. The Labute approximate surface area is 115 Å². The van der Waals surface area contributed by atoms with Crippen molar-refractivity contribution in [2.24, 2.45) is 0 Å². The summed E-state index contributed by atoms with van der Waals surface area (Å²) in [5.41, 5.74) is 2.81. The van der Waals surface area contributed by atoms with Gasteiger partial charge >= 0.3 is 5.97 Å². The van der Waals surface area contributed by atoms with Crippen LogP contribution in [0.25, 0.3) is 5.65 Å². The fourth-order valence-corrected chi connectivity index (χ4v) is 2.09. The van der Waals surface area contributed by atoms with E-state index < -0.39 is 5.97 Å². The number of carboxylic acid groups (broad SMARTS) is 1. The van der Waals surface area contributed by atoms with Crippen LogP contribution in [0.4, 0.5) is 0 Å². The maximum atomic E-state index is 10.9. The lowest BCUT2D eigenvalue weighted by Crippen LogP contribution is -1.96. The van der Waals surface area contributed by atoms with Gasteiger partial charge in [0.2, 0.25) is 0 Å². The number of hydrogen-bond acceptors (Lipinski definition) is 3. The number of carbonyl (C=O) groups is 1. The Hall–Kier alpha value is -2.69. The van der Waals surface area contributed by atoms with Gasteiger partial charge in [-0.3, -0.25) is 4.40 Å². The average Bonchev–Trinajstić information content (AvgIpc) is 2.89. The van der Waals surface area contributed by atoms with E-state index in [-0.39, 0.29) is 5.69 Å². The molecule has 0 fully saturated rings. The third kappa shape index (κ3) is 2.51. The molecule has 20 heavy (non-hydrogen) atoms. The van der Waals surface area contributed by atoms with E-state index in [9.17, 15) is 4.79 Å². The molecule has 100 valence electrons. The Balaban J connectivity index is 1.80. The quantitative estimate of drug-likeness (QED) is 0.787. The summed E-state index contributed by atoms with van der Waals surface area (Å²) >= 11 is 0. The maximum absolute atomic E-state index is 10.9. The molecule has 3 aromatic rings. The highest BCUT2D eigenvalue weighted by Gasteiger charge is 2.09. The summed E-state index contributed by atoms with van der Waals surface area (Å²) in [5.74, 6) is -1.03. The number of aromatic nitrogens is 3. The van der Waals surface area contributed by atoms with Crippen LogP contribution in [-0.4, -0.2) is 25.4 Å². The maximum Gasteiger partial charge on any atom is 0.356 e. The Kier molecular flexibility index (Phi) is 3.16. The van der Waals surface area contributed by atoms with Crippen LogP contribution in [0.5, 0.6) is 0 Å². The van der Waals surface area contributed by atoms with E-state index in [0.717, 1.165) is 18.5 Å². The Morgan fingerprint density at radius 1 is 1.20 bits per heavy atom. The van der Waals surface area contributed by atoms with Crippen LogP contribution in [-0.2, 0) is 12.8 Å². The van der Waals surface area contributed by atoms with Gasteiger partial charge in [0.05, 0.1) is 0 Å². The Bertz CT molecular complexity index is 750. The number of rotatable bonds is 4. The van der Waals surface area contributed by atoms with Crippen LogP contribution < -0.4 is 0 Å². The van der Waals surface area contributed by atoms with Gasteiger partial charge in [-0.15, -0.1) is 0 Å². The van der Waals surface area contributed by atoms with Gasteiger partial charge in [-0.25, -0.2) is 14.8 Å². The summed E-state index contributed by atoms with van der Waals surface area (Å²) in [6, 6.07) is 12.0. The fourth-order valence-electron chi connectivity index (χ4n) is 2.09. The number of hydrogen-bond donors (Lipinski definition) is 1. The molecule has 0 unspecified atom stereocenters. The number of aromatic carboxylic acids is 1. The van der Waals surface area contributed by atoms with Gasteiger partial charge in [-0.2, -0.15) is 0 Å². The van der Waals surface area contributed by atoms with E-state index in [2.05, 4.69) is 22.1 Å². The smallest absolute Gasteiger partial charge is 0.356 e. The number of carboxylic acids is 1. The highest BCUT2D eigenvalue weighted by atomic mass is 16.4. The molecule has 0 amide bonds. The summed E-state index contributed by atoms with van der Waals surface area (Å²) in [4.78, 5) is 19.2. The first-order valence-electron chi connectivity index (χ1n) is 6.33. The second-order valence-corrected chi connectivity index (χ2v) is 4.56. The molecule has 0 atom stereocenters. The minimum absolute atomic E-state index is 0.0343. The van der Waals surface area contributed by atoms with Crippen LogP contribution in [0.15, 0.2) is 48.9 Å². The molecule has 0 radical (unpaired) electrons. The molecule has 0 spiro atoms. The Morgan fingerprint density at radius 2 is 2.00 bits per heavy atom. The first-order valence-corrected chi connectivity index (χ1v) is 6.33. The van der Waals surface area contributed by atoms with Gasteiger partial charge in [0.15, 0.2) is 5.69 Å². The molecule has 0 aliphatic heterocycles. The third-order valence-electron chi connectivity index (χ3n) is 3.14. The van der Waals surface area contributed by atoms with E-state index in [1.54, 1.807) is 10.7 Å². The van der Waals surface area contributed by atoms with Crippen molar-refractivity contribution >= 4 is 11.6 Å². The fraction of sp³-hybridized carbons (Fsp3) is 0.133. The average molecular weight is 267 g/mol.